The van der Waals surface area contributed by atoms with Gasteiger partial charge in [0.25, 0.3) is 0 Å². The van der Waals surface area contributed by atoms with Gasteiger partial charge in [0.2, 0.25) is 11.9 Å². The van der Waals surface area contributed by atoms with Gasteiger partial charge >= 0.3 is 0 Å². The van der Waals surface area contributed by atoms with E-state index < -0.39 is 0 Å². The van der Waals surface area contributed by atoms with Crippen molar-refractivity contribution in [1.29, 1.82) is 0 Å². The molecule has 40 heavy (non-hydrogen) atoms. The van der Waals surface area contributed by atoms with Gasteiger partial charge in [0.1, 0.15) is 5.82 Å². The Bertz CT molecular complexity index is 859. The molecule has 3 N–H and O–H groups in total. The number of aromatic nitrogens is 2. The van der Waals surface area contributed by atoms with E-state index in [1.54, 1.807) is 6.20 Å². The van der Waals surface area contributed by atoms with Crippen LogP contribution < -0.4 is 16.0 Å². The Morgan fingerprint density at radius 3 is 2.23 bits per heavy atom. The van der Waals surface area contributed by atoms with Gasteiger partial charge in [-0.1, -0.05) is 38.5 Å². The number of nitrogens with one attached hydrogen (secondary N) is 1. The van der Waals surface area contributed by atoms with Crippen molar-refractivity contribution in [3.05, 3.63) is 12.3 Å². The molecule has 4 aliphatic rings. The molecule has 1 aromatic rings. The van der Waals surface area contributed by atoms with Crippen LogP contribution in [0.2, 0.25) is 0 Å². The quantitative estimate of drug-likeness (QED) is 0.475. The van der Waals surface area contributed by atoms with Crippen LogP contribution >= 0.6 is 0 Å². The van der Waals surface area contributed by atoms with E-state index >= 15 is 0 Å². The summed E-state index contributed by atoms with van der Waals surface area (Å²) in [5.74, 6) is 1.89. The Kier molecular flexibility index (Phi) is 12.8. The zero-order valence-corrected chi connectivity index (χ0v) is 25.5. The summed E-state index contributed by atoms with van der Waals surface area (Å²) in [6.45, 7) is 11.0. The van der Waals surface area contributed by atoms with Crippen molar-refractivity contribution in [2.24, 2.45) is 5.92 Å². The van der Waals surface area contributed by atoms with Gasteiger partial charge in [-0.15, -0.1) is 0 Å². The zero-order valence-electron chi connectivity index (χ0n) is 25.5. The number of piperidine rings is 2. The minimum atomic E-state index is 0.241. The van der Waals surface area contributed by atoms with Gasteiger partial charge in [0.05, 0.1) is 0 Å². The van der Waals surface area contributed by atoms with Crippen molar-refractivity contribution < 1.29 is 4.79 Å². The predicted molar refractivity (Wildman–Crippen MR) is 165 cm³/mol. The SMILES string of the molecule is CC(C)N1CCC(C(=O)NCC[C@@H]2CCCCN2C2CCCCC2)CC1.Nc1nccc(N2CCCCCC2)n1. The number of nitrogen functional groups attached to an aromatic ring is 1. The van der Waals surface area contributed by atoms with Crippen molar-refractivity contribution >= 4 is 17.7 Å². The molecule has 8 heteroatoms. The molecule has 1 aromatic heterocycles. The van der Waals surface area contributed by atoms with E-state index in [0.29, 0.717) is 23.9 Å². The number of amides is 1. The Hall–Kier alpha value is -1.93. The Labute approximate surface area is 243 Å². The second-order valence-electron chi connectivity index (χ2n) is 12.8. The third-order valence-electron chi connectivity index (χ3n) is 9.71. The molecular formula is C32H57N7O. The highest BCUT2D eigenvalue weighted by atomic mass is 16.1. The molecule has 1 amide bonds. The lowest BCUT2D eigenvalue weighted by atomic mass is 9.89. The van der Waals surface area contributed by atoms with Crippen LogP contribution in [0.3, 0.4) is 0 Å². The number of carbonyl (C=O) groups is 1. The zero-order chi connectivity index (χ0) is 28.2. The number of hydrogen-bond donors (Lipinski definition) is 2. The summed E-state index contributed by atoms with van der Waals surface area (Å²) in [4.78, 5) is 28.3. The van der Waals surface area contributed by atoms with Crippen molar-refractivity contribution in [3.8, 4) is 0 Å². The van der Waals surface area contributed by atoms with Crippen LogP contribution in [0.15, 0.2) is 12.3 Å². The second kappa shape index (κ2) is 16.5. The normalized spacial score (nSPS) is 24.3. The first-order valence-electron chi connectivity index (χ1n) is 16.6. The van der Waals surface area contributed by atoms with Gasteiger partial charge in [0.15, 0.2) is 0 Å². The maximum absolute atomic E-state index is 12.6. The number of likely N-dealkylation sites (tertiary alicyclic amines) is 2. The predicted octanol–water partition coefficient (Wildman–Crippen LogP) is 5.24. The molecule has 4 heterocycles. The van der Waals surface area contributed by atoms with Gasteiger partial charge in [-0.25, -0.2) is 4.98 Å². The fourth-order valence-corrected chi connectivity index (χ4v) is 7.25. The molecule has 0 unspecified atom stereocenters. The topological polar surface area (TPSA) is 90.6 Å². The molecular weight excluding hydrogens is 498 g/mol. The van der Waals surface area contributed by atoms with E-state index in [-0.39, 0.29) is 5.92 Å². The highest BCUT2D eigenvalue weighted by molar-refractivity contribution is 5.78. The van der Waals surface area contributed by atoms with E-state index in [2.05, 4.69) is 43.8 Å². The van der Waals surface area contributed by atoms with Gasteiger partial charge < -0.3 is 20.9 Å². The minimum Gasteiger partial charge on any atom is -0.368 e. The minimum absolute atomic E-state index is 0.241. The van der Waals surface area contributed by atoms with Crippen LogP contribution in [-0.2, 0) is 4.79 Å². The van der Waals surface area contributed by atoms with E-state index in [9.17, 15) is 4.79 Å². The summed E-state index contributed by atoms with van der Waals surface area (Å²) >= 11 is 0. The molecule has 1 saturated carbocycles. The summed E-state index contributed by atoms with van der Waals surface area (Å²) in [6, 6.07) is 4.07. The molecule has 8 nitrogen and oxygen atoms in total. The number of rotatable bonds is 7. The van der Waals surface area contributed by atoms with Gasteiger partial charge in [-0.2, -0.15) is 4.98 Å². The maximum atomic E-state index is 12.6. The first kappa shape index (κ1) is 31.0. The Balaban J connectivity index is 0.000000222. The number of nitrogens with two attached hydrogens (primary N) is 1. The molecule has 3 saturated heterocycles. The summed E-state index contributed by atoms with van der Waals surface area (Å²) in [6.07, 6.45) is 21.2. The molecule has 5 rings (SSSR count). The molecule has 1 atom stereocenters. The van der Waals surface area contributed by atoms with E-state index in [1.807, 2.05) is 6.07 Å². The number of nitrogens with zero attached hydrogens (tertiary/aromatic N) is 5. The Morgan fingerprint density at radius 1 is 0.900 bits per heavy atom. The lowest BCUT2D eigenvalue weighted by molar-refractivity contribution is -0.126. The smallest absolute Gasteiger partial charge is 0.223 e. The number of hydrogen-bond acceptors (Lipinski definition) is 7. The van der Waals surface area contributed by atoms with Crippen molar-refractivity contribution in [2.75, 3.05) is 49.9 Å². The average Bonchev–Trinajstić information content (AvgIpc) is 3.28. The molecule has 0 bridgehead atoms. The number of carbonyl (C=O) groups excluding carboxylic acids is 1. The average molecular weight is 556 g/mol. The van der Waals surface area contributed by atoms with E-state index in [4.69, 9.17) is 5.73 Å². The fourth-order valence-electron chi connectivity index (χ4n) is 7.25. The van der Waals surface area contributed by atoms with Crippen LogP contribution in [0.5, 0.6) is 0 Å². The van der Waals surface area contributed by atoms with E-state index in [1.165, 1.54) is 83.6 Å². The first-order valence-corrected chi connectivity index (χ1v) is 16.6. The fraction of sp³-hybridized carbons (Fsp3) is 0.844. The second-order valence-corrected chi connectivity index (χ2v) is 12.8. The summed E-state index contributed by atoms with van der Waals surface area (Å²) in [5, 5.41) is 3.28. The highest BCUT2D eigenvalue weighted by Gasteiger charge is 2.30. The standard InChI is InChI=1S/C22H41N3O.C10H16N4/c1-18(2)24-16-12-19(13-17-24)22(26)23-14-11-21-10-6-7-15-25(21)20-8-4-3-5-9-20;11-10-12-6-5-9(13-10)14-7-3-1-2-4-8-14/h18-21H,3-17H2,1-2H3,(H,23,26);5-6H,1-4,7-8H2,(H2,11,12,13)/t21-;/m0./s1. The molecule has 0 aromatic carbocycles. The molecule has 226 valence electrons. The molecule has 3 aliphatic heterocycles. The monoisotopic (exact) mass is 555 g/mol. The molecule has 0 radical (unpaired) electrons. The third kappa shape index (κ3) is 9.57. The lowest BCUT2D eigenvalue weighted by Gasteiger charge is -2.43. The maximum Gasteiger partial charge on any atom is 0.223 e. The summed E-state index contributed by atoms with van der Waals surface area (Å²) in [7, 11) is 0. The van der Waals surface area contributed by atoms with Gasteiger partial charge in [0, 0.05) is 49.9 Å². The Morgan fingerprint density at radius 2 is 1.55 bits per heavy atom. The van der Waals surface area contributed by atoms with Crippen LogP contribution in [-0.4, -0.2) is 83.1 Å². The van der Waals surface area contributed by atoms with Crippen LogP contribution in [0, 0.1) is 5.92 Å². The van der Waals surface area contributed by atoms with Crippen LogP contribution in [0.4, 0.5) is 11.8 Å². The van der Waals surface area contributed by atoms with Crippen LogP contribution in [0.1, 0.15) is 110 Å². The summed E-state index contributed by atoms with van der Waals surface area (Å²) < 4.78 is 0. The molecule has 0 spiro atoms. The summed E-state index contributed by atoms with van der Waals surface area (Å²) in [5.41, 5.74) is 5.56. The lowest BCUT2D eigenvalue weighted by Crippen LogP contribution is -2.48. The van der Waals surface area contributed by atoms with Gasteiger partial charge in [-0.05, 0) is 97.3 Å². The molecule has 1 aliphatic carbocycles. The third-order valence-corrected chi connectivity index (χ3v) is 9.71. The van der Waals surface area contributed by atoms with Gasteiger partial charge in [-0.3, -0.25) is 9.69 Å². The largest absolute Gasteiger partial charge is 0.368 e. The van der Waals surface area contributed by atoms with Crippen molar-refractivity contribution in [1.82, 2.24) is 25.1 Å². The van der Waals surface area contributed by atoms with Crippen molar-refractivity contribution in [3.63, 3.8) is 0 Å². The first-order chi connectivity index (χ1) is 19.5. The van der Waals surface area contributed by atoms with Crippen LogP contribution in [0.25, 0.3) is 0 Å². The van der Waals surface area contributed by atoms with Crippen molar-refractivity contribution in [2.45, 2.75) is 128 Å². The van der Waals surface area contributed by atoms with E-state index in [0.717, 1.165) is 63.8 Å². The molecule has 4 fully saturated rings. The number of anilines is 2. The highest BCUT2D eigenvalue weighted by Crippen LogP contribution is 2.29.